The Morgan fingerprint density at radius 3 is 2.79 bits per heavy atom. The zero-order valence-electron chi connectivity index (χ0n) is 11.9. The molecule has 3 unspecified atom stereocenters. The van der Waals surface area contributed by atoms with Gasteiger partial charge in [0.15, 0.2) is 0 Å². The van der Waals surface area contributed by atoms with Gasteiger partial charge in [-0.25, -0.2) is 0 Å². The first-order valence-corrected chi connectivity index (χ1v) is 8.97. The monoisotopic (exact) mass is 344 g/mol. The topological polar surface area (TPSA) is 29.3 Å². The van der Waals surface area contributed by atoms with Crippen molar-refractivity contribution in [2.75, 3.05) is 13.1 Å². The van der Waals surface area contributed by atoms with Crippen molar-refractivity contribution in [1.29, 1.82) is 0 Å². The Kier molecular flexibility index (Phi) is 5.87. The molecule has 108 valence electrons. The fraction of sp³-hybridized carbons (Fsp3) is 0.733. The maximum absolute atomic E-state index is 6.28. The second-order valence-electron chi connectivity index (χ2n) is 5.69. The van der Waals surface area contributed by atoms with E-state index in [-0.39, 0.29) is 6.04 Å². The Morgan fingerprint density at radius 1 is 1.42 bits per heavy atom. The maximum atomic E-state index is 6.28. The molecule has 19 heavy (non-hydrogen) atoms. The van der Waals surface area contributed by atoms with E-state index >= 15 is 0 Å². The minimum atomic E-state index is 0.184. The Balaban J connectivity index is 2.11. The molecule has 1 aromatic heterocycles. The molecule has 0 bridgehead atoms. The Hall–Kier alpha value is 0.1000. The first-order valence-electron chi connectivity index (χ1n) is 7.36. The number of nitrogens with zero attached hydrogens (tertiary/aromatic N) is 1. The summed E-state index contributed by atoms with van der Waals surface area (Å²) >= 11 is 5.40. The zero-order chi connectivity index (χ0) is 13.8. The summed E-state index contributed by atoms with van der Waals surface area (Å²) in [7, 11) is 0. The van der Waals surface area contributed by atoms with Crippen molar-refractivity contribution in [2.45, 2.75) is 51.6 Å². The smallest absolute Gasteiger partial charge is 0.0702 e. The van der Waals surface area contributed by atoms with Gasteiger partial charge >= 0.3 is 0 Å². The van der Waals surface area contributed by atoms with E-state index in [4.69, 9.17) is 5.73 Å². The molecule has 2 heterocycles. The number of hydrogen-bond acceptors (Lipinski definition) is 3. The lowest BCUT2D eigenvalue weighted by Crippen LogP contribution is -2.39. The van der Waals surface area contributed by atoms with Crippen LogP contribution in [0.1, 0.15) is 50.4 Å². The van der Waals surface area contributed by atoms with Crippen molar-refractivity contribution in [3.63, 3.8) is 0 Å². The van der Waals surface area contributed by atoms with Crippen molar-refractivity contribution in [3.05, 3.63) is 20.8 Å². The number of halogens is 1. The van der Waals surface area contributed by atoms with E-state index in [1.165, 1.54) is 47.4 Å². The minimum absolute atomic E-state index is 0.184. The molecule has 0 amide bonds. The van der Waals surface area contributed by atoms with Gasteiger partial charge in [0.1, 0.15) is 0 Å². The highest BCUT2D eigenvalue weighted by Crippen LogP contribution is 2.34. The largest absolute Gasteiger partial charge is 0.326 e. The van der Waals surface area contributed by atoms with Crippen molar-refractivity contribution in [3.8, 4) is 0 Å². The second-order valence-corrected chi connectivity index (χ2v) is 8.18. The molecule has 2 nitrogen and oxygen atoms in total. The fourth-order valence-electron chi connectivity index (χ4n) is 3.13. The average molecular weight is 345 g/mol. The summed E-state index contributed by atoms with van der Waals surface area (Å²) in [6.45, 7) is 6.85. The zero-order valence-corrected chi connectivity index (χ0v) is 14.3. The van der Waals surface area contributed by atoms with Gasteiger partial charge in [-0.3, -0.25) is 4.90 Å². The van der Waals surface area contributed by atoms with E-state index in [0.717, 1.165) is 5.92 Å². The third kappa shape index (κ3) is 4.03. The van der Waals surface area contributed by atoms with Gasteiger partial charge in [-0.05, 0) is 73.3 Å². The molecule has 2 rings (SSSR count). The van der Waals surface area contributed by atoms with Gasteiger partial charge in [0.05, 0.1) is 9.83 Å². The summed E-state index contributed by atoms with van der Waals surface area (Å²) in [6.07, 6.45) is 5.34. The molecule has 0 aromatic carbocycles. The van der Waals surface area contributed by atoms with Crippen LogP contribution in [-0.2, 0) is 0 Å². The van der Waals surface area contributed by atoms with E-state index in [1.807, 2.05) is 11.3 Å². The summed E-state index contributed by atoms with van der Waals surface area (Å²) in [5, 5.41) is 0. The van der Waals surface area contributed by atoms with Crippen LogP contribution in [0.2, 0.25) is 0 Å². The van der Waals surface area contributed by atoms with Gasteiger partial charge in [0.2, 0.25) is 0 Å². The van der Waals surface area contributed by atoms with Crippen LogP contribution in [-0.4, -0.2) is 24.0 Å². The molecule has 1 aliphatic rings. The van der Waals surface area contributed by atoms with E-state index in [9.17, 15) is 0 Å². The van der Waals surface area contributed by atoms with Gasteiger partial charge in [-0.15, -0.1) is 11.3 Å². The summed E-state index contributed by atoms with van der Waals surface area (Å²) in [6, 6.07) is 4.93. The Labute approximate surface area is 129 Å². The molecule has 0 spiro atoms. The standard InChI is InChI=1S/C15H25BrN2S/c1-3-12-5-4-9-18(10-8-12)15(11(2)17)13-6-7-14(16)19-13/h6-7,11-12,15H,3-5,8-10,17H2,1-2H3. The molecule has 3 atom stereocenters. The van der Waals surface area contributed by atoms with Crippen molar-refractivity contribution >= 4 is 27.3 Å². The van der Waals surface area contributed by atoms with E-state index in [2.05, 4.69) is 46.8 Å². The normalized spacial score (nSPS) is 24.9. The summed E-state index contributed by atoms with van der Waals surface area (Å²) in [4.78, 5) is 4.01. The lowest BCUT2D eigenvalue weighted by atomic mass is 9.98. The highest BCUT2D eigenvalue weighted by molar-refractivity contribution is 9.11. The molecule has 0 saturated carbocycles. The SMILES string of the molecule is CCC1CCCN(C(c2ccc(Br)s2)C(C)N)CC1. The second kappa shape index (κ2) is 7.21. The molecule has 1 aromatic rings. The fourth-order valence-corrected chi connectivity index (χ4v) is 4.81. The predicted molar refractivity (Wildman–Crippen MR) is 87.6 cm³/mol. The lowest BCUT2D eigenvalue weighted by molar-refractivity contribution is 0.183. The van der Waals surface area contributed by atoms with Gasteiger partial charge < -0.3 is 5.73 Å². The van der Waals surface area contributed by atoms with Gasteiger partial charge in [-0.1, -0.05) is 13.3 Å². The summed E-state index contributed by atoms with van der Waals surface area (Å²) < 4.78 is 1.20. The third-order valence-electron chi connectivity index (χ3n) is 4.24. The molecule has 4 heteroatoms. The molecule has 1 fully saturated rings. The van der Waals surface area contributed by atoms with Crippen LogP contribution in [0.4, 0.5) is 0 Å². The molecule has 0 radical (unpaired) electrons. The molecule has 1 saturated heterocycles. The Morgan fingerprint density at radius 2 is 2.21 bits per heavy atom. The van der Waals surface area contributed by atoms with E-state index in [0.29, 0.717) is 6.04 Å². The van der Waals surface area contributed by atoms with Crippen LogP contribution < -0.4 is 5.73 Å². The average Bonchev–Trinajstić information content (AvgIpc) is 2.65. The first kappa shape index (κ1) is 15.5. The van der Waals surface area contributed by atoms with Crippen LogP contribution in [0.25, 0.3) is 0 Å². The predicted octanol–water partition coefficient (Wildman–Crippen LogP) is 4.41. The number of likely N-dealkylation sites (tertiary alicyclic amines) is 1. The van der Waals surface area contributed by atoms with Crippen LogP contribution in [0.3, 0.4) is 0 Å². The number of hydrogen-bond donors (Lipinski definition) is 1. The third-order valence-corrected chi connectivity index (χ3v) is 5.93. The van der Waals surface area contributed by atoms with Crippen LogP contribution in [0, 0.1) is 5.92 Å². The van der Waals surface area contributed by atoms with Crippen LogP contribution in [0.15, 0.2) is 15.9 Å². The maximum Gasteiger partial charge on any atom is 0.0702 e. The highest BCUT2D eigenvalue weighted by atomic mass is 79.9. The highest BCUT2D eigenvalue weighted by Gasteiger charge is 2.27. The lowest BCUT2D eigenvalue weighted by Gasteiger charge is -2.32. The first-order chi connectivity index (χ1) is 9.11. The molecular formula is C15H25BrN2S. The van der Waals surface area contributed by atoms with Crippen LogP contribution in [0.5, 0.6) is 0 Å². The number of rotatable bonds is 4. The summed E-state index contributed by atoms with van der Waals surface area (Å²) in [5.41, 5.74) is 6.28. The van der Waals surface area contributed by atoms with Crippen molar-refractivity contribution < 1.29 is 0 Å². The van der Waals surface area contributed by atoms with Gasteiger partial charge in [0.25, 0.3) is 0 Å². The molecule has 1 aliphatic heterocycles. The number of thiophene rings is 1. The minimum Gasteiger partial charge on any atom is -0.326 e. The van der Waals surface area contributed by atoms with Gasteiger partial charge in [0, 0.05) is 10.9 Å². The molecule has 2 N–H and O–H groups in total. The number of nitrogens with two attached hydrogens (primary N) is 1. The van der Waals surface area contributed by atoms with Crippen LogP contribution >= 0.6 is 27.3 Å². The van der Waals surface area contributed by atoms with E-state index in [1.54, 1.807) is 0 Å². The van der Waals surface area contributed by atoms with Gasteiger partial charge in [-0.2, -0.15) is 0 Å². The summed E-state index contributed by atoms with van der Waals surface area (Å²) in [5.74, 6) is 0.911. The Bertz CT molecular complexity index is 391. The molecular weight excluding hydrogens is 320 g/mol. The van der Waals surface area contributed by atoms with Crippen molar-refractivity contribution in [2.24, 2.45) is 11.7 Å². The molecule has 0 aliphatic carbocycles. The quantitative estimate of drug-likeness (QED) is 0.876. The van der Waals surface area contributed by atoms with E-state index < -0.39 is 0 Å². The van der Waals surface area contributed by atoms with Crippen molar-refractivity contribution in [1.82, 2.24) is 4.90 Å².